The largest absolute Gasteiger partial charge is 0.383 e. The third kappa shape index (κ3) is 2.90. The average molecular weight is 297 g/mol. The lowest BCUT2D eigenvalue weighted by Gasteiger charge is -2.32. The Kier molecular flexibility index (Phi) is 4.00. The van der Waals surface area contributed by atoms with Gasteiger partial charge in [0.2, 0.25) is 5.95 Å². The highest BCUT2D eigenvalue weighted by molar-refractivity contribution is 5.98. The number of nitrogens with two attached hydrogens (primary N) is 1. The van der Waals surface area contributed by atoms with E-state index in [0.717, 1.165) is 24.9 Å². The van der Waals surface area contributed by atoms with Crippen molar-refractivity contribution < 1.29 is 4.79 Å². The van der Waals surface area contributed by atoms with E-state index in [4.69, 9.17) is 5.73 Å². The number of nitrogens with zero attached hydrogens (tertiary/aromatic N) is 4. The van der Waals surface area contributed by atoms with Crippen LogP contribution in [0.15, 0.2) is 30.7 Å². The summed E-state index contributed by atoms with van der Waals surface area (Å²) in [5, 5.41) is 0. The van der Waals surface area contributed by atoms with Gasteiger partial charge in [-0.2, -0.15) is 4.98 Å². The van der Waals surface area contributed by atoms with E-state index in [1.807, 2.05) is 17.9 Å². The quantitative estimate of drug-likeness (QED) is 0.870. The van der Waals surface area contributed by atoms with E-state index >= 15 is 0 Å². The molecule has 0 radical (unpaired) electrons. The number of Topliss-reactive ketones (excluding diaryl/α,β-unsaturated/α-hetero) is 1. The number of anilines is 2. The summed E-state index contributed by atoms with van der Waals surface area (Å²) in [5.74, 6) is 1.18. The number of piperidine rings is 1. The zero-order valence-electron chi connectivity index (χ0n) is 12.6. The highest BCUT2D eigenvalue weighted by Gasteiger charge is 2.28. The van der Waals surface area contributed by atoms with Gasteiger partial charge in [-0.25, -0.2) is 4.98 Å². The van der Waals surface area contributed by atoms with Gasteiger partial charge in [-0.3, -0.25) is 9.78 Å². The SMILES string of the molecule is Cc1cnc(N2CCC[C@@H](C(=O)c3cccnc3)C2)nc1N. The molecule has 0 amide bonds. The van der Waals surface area contributed by atoms with Crippen LogP contribution in [-0.4, -0.2) is 33.8 Å². The zero-order valence-corrected chi connectivity index (χ0v) is 12.6. The molecule has 22 heavy (non-hydrogen) atoms. The van der Waals surface area contributed by atoms with E-state index in [-0.39, 0.29) is 11.7 Å². The van der Waals surface area contributed by atoms with Gasteiger partial charge in [-0.1, -0.05) is 0 Å². The Balaban J connectivity index is 1.76. The second kappa shape index (κ2) is 6.09. The number of aromatic nitrogens is 3. The van der Waals surface area contributed by atoms with Gasteiger partial charge in [0.1, 0.15) is 5.82 Å². The van der Waals surface area contributed by atoms with Gasteiger partial charge in [-0.05, 0) is 31.9 Å². The zero-order chi connectivity index (χ0) is 15.5. The lowest BCUT2D eigenvalue weighted by atomic mass is 9.91. The van der Waals surface area contributed by atoms with Crippen molar-refractivity contribution >= 4 is 17.5 Å². The van der Waals surface area contributed by atoms with Crippen molar-refractivity contribution in [1.29, 1.82) is 0 Å². The second-order valence-electron chi connectivity index (χ2n) is 5.63. The molecule has 2 aromatic rings. The van der Waals surface area contributed by atoms with E-state index < -0.39 is 0 Å². The number of hydrogen-bond donors (Lipinski definition) is 1. The molecule has 0 aliphatic carbocycles. The van der Waals surface area contributed by atoms with Crippen molar-refractivity contribution in [2.45, 2.75) is 19.8 Å². The molecule has 6 nitrogen and oxygen atoms in total. The minimum atomic E-state index is -0.0518. The van der Waals surface area contributed by atoms with Crippen LogP contribution in [0.25, 0.3) is 0 Å². The van der Waals surface area contributed by atoms with Gasteiger partial charge in [0.15, 0.2) is 5.78 Å². The summed E-state index contributed by atoms with van der Waals surface area (Å²) >= 11 is 0. The molecule has 2 N–H and O–H groups in total. The van der Waals surface area contributed by atoms with Crippen molar-refractivity contribution in [3.05, 3.63) is 41.9 Å². The molecule has 1 atom stereocenters. The molecule has 0 saturated carbocycles. The third-order valence-electron chi connectivity index (χ3n) is 4.02. The predicted octanol–water partition coefficient (Wildman–Crippen LogP) is 1.86. The van der Waals surface area contributed by atoms with Gasteiger partial charge in [0.25, 0.3) is 0 Å². The first-order valence-corrected chi connectivity index (χ1v) is 7.43. The Morgan fingerprint density at radius 2 is 2.27 bits per heavy atom. The molecule has 0 bridgehead atoms. The van der Waals surface area contributed by atoms with E-state index in [1.54, 1.807) is 24.7 Å². The molecule has 2 aromatic heterocycles. The predicted molar refractivity (Wildman–Crippen MR) is 84.7 cm³/mol. The molecule has 1 saturated heterocycles. The molecule has 6 heteroatoms. The third-order valence-corrected chi connectivity index (χ3v) is 4.02. The van der Waals surface area contributed by atoms with E-state index in [1.165, 1.54) is 0 Å². The van der Waals surface area contributed by atoms with Gasteiger partial charge in [0, 0.05) is 48.7 Å². The van der Waals surface area contributed by atoms with Crippen LogP contribution in [0.1, 0.15) is 28.8 Å². The summed E-state index contributed by atoms with van der Waals surface area (Å²) in [7, 11) is 0. The fraction of sp³-hybridized carbons (Fsp3) is 0.375. The Labute approximate surface area is 129 Å². The first-order valence-electron chi connectivity index (χ1n) is 7.43. The molecule has 0 aromatic carbocycles. The summed E-state index contributed by atoms with van der Waals surface area (Å²) in [4.78, 5) is 27.3. The summed E-state index contributed by atoms with van der Waals surface area (Å²) in [6, 6.07) is 3.60. The standard InChI is InChI=1S/C16H19N5O/c1-11-8-19-16(20-15(11)17)21-7-3-5-13(10-21)14(22)12-4-2-6-18-9-12/h2,4,6,8-9,13H,3,5,7,10H2,1H3,(H2,17,19,20)/t13-/m1/s1. The number of carbonyl (C=O) groups excluding carboxylic acids is 1. The van der Waals surface area contributed by atoms with E-state index in [2.05, 4.69) is 15.0 Å². The van der Waals surface area contributed by atoms with Gasteiger partial charge in [-0.15, -0.1) is 0 Å². The molecule has 1 fully saturated rings. The Morgan fingerprint density at radius 3 is 3.00 bits per heavy atom. The average Bonchev–Trinajstić information content (AvgIpc) is 2.57. The van der Waals surface area contributed by atoms with Gasteiger partial charge < -0.3 is 10.6 Å². The second-order valence-corrected chi connectivity index (χ2v) is 5.63. The fourth-order valence-corrected chi connectivity index (χ4v) is 2.71. The molecule has 3 rings (SSSR count). The monoisotopic (exact) mass is 297 g/mol. The molecular weight excluding hydrogens is 278 g/mol. The van der Waals surface area contributed by atoms with Crippen LogP contribution in [-0.2, 0) is 0 Å². The maximum absolute atomic E-state index is 12.6. The molecule has 0 unspecified atom stereocenters. The number of rotatable bonds is 3. The lowest BCUT2D eigenvalue weighted by molar-refractivity contribution is 0.0906. The summed E-state index contributed by atoms with van der Waals surface area (Å²) in [6.07, 6.45) is 6.85. The van der Waals surface area contributed by atoms with Crippen LogP contribution >= 0.6 is 0 Å². The first-order chi connectivity index (χ1) is 10.6. The van der Waals surface area contributed by atoms with Crippen molar-refractivity contribution in [2.75, 3.05) is 23.7 Å². The number of ketones is 1. The van der Waals surface area contributed by atoms with Crippen LogP contribution in [0.5, 0.6) is 0 Å². The van der Waals surface area contributed by atoms with Gasteiger partial charge in [0.05, 0.1) is 0 Å². The van der Waals surface area contributed by atoms with Crippen molar-refractivity contribution in [2.24, 2.45) is 5.92 Å². The molecule has 114 valence electrons. The fourth-order valence-electron chi connectivity index (χ4n) is 2.71. The highest BCUT2D eigenvalue weighted by atomic mass is 16.1. The molecule has 0 spiro atoms. The normalized spacial score (nSPS) is 18.2. The first kappa shape index (κ1) is 14.4. The summed E-state index contributed by atoms with van der Waals surface area (Å²) in [6.45, 7) is 3.35. The number of hydrogen-bond acceptors (Lipinski definition) is 6. The van der Waals surface area contributed by atoms with Crippen molar-refractivity contribution in [3.63, 3.8) is 0 Å². The summed E-state index contributed by atoms with van der Waals surface area (Å²) in [5.41, 5.74) is 7.39. The van der Waals surface area contributed by atoms with Crippen molar-refractivity contribution in [3.8, 4) is 0 Å². The topological polar surface area (TPSA) is 85.0 Å². The van der Waals surface area contributed by atoms with Crippen LogP contribution in [0.2, 0.25) is 0 Å². The number of nitrogen functional groups attached to an aromatic ring is 1. The smallest absolute Gasteiger partial charge is 0.227 e. The van der Waals surface area contributed by atoms with Crippen LogP contribution in [0, 0.1) is 12.8 Å². The molecule has 1 aliphatic heterocycles. The van der Waals surface area contributed by atoms with E-state index in [0.29, 0.717) is 23.9 Å². The Bertz CT molecular complexity index is 673. The Morgan fingerprint density at radius 1 is 1.41 bits per heavy atom. The van der Waals surface area contributed by atoms with Crippen LogP contribution in [0.3, 0.4) is 0 Å². The van der Waals surface area contributed by atoms with Crippen LogP contribution < -0.4 is 10.6 Å². The Hall–Kier alpha value is -2.50. The highest BCUT2D eigenvalue weighted by Crippen LogP contribution is 2.24. The minimum Gasteiger partial charge on any atom is -0.383 e. The van der Waals surface area contributed by atoms with E-state index in [9.17, 15) is 4.79 Å². The minimum absolute atomic E-state index is 0.0518. The maximum atomic E-state index is 12.6. The number of aryl methyl sites for hydroxylation is 1. The van der Waals surface area contributed by atoms with Gasteiger partial charge >= 0.3 is 0 Å². The number of pyridine rings is 1. The molecule has 3 heterocycles. The molecular formula is C16H19N5O. The lowest BCUT2D eigenvalue weighted by Crippen LogP contribution is -2.39. The maximum Gasteiger partial charge on any atom is 0.227 e. The summed E-state index contributed by atoms with van der Waals surface area (Å²) < 4.78 is 0. The molecule has 1 aliphatic rings. The van der Waals surface area contributed by atoms with Crippen molar-refractivity contribution in [1.82, 2.24) is 15.0 Å². The number of carbonyl (C=O) groups is 1. The van der Waals surface area contributed by atoms with Crippen LogP contribution in [0.4, 0.5) is 11.8 Å².